The smallest absolute Gasteiger partial charge is 0.254 e. The minimum atomic E-state index is 0.00368. The molecule has 0 aromatic carbocycles. The molecule has 0 radical (unpaired) electrons. The quantitative estimate of drug-likeness (QED) is 0.777. The van der Waals surface area contributed by atoms with Crippen LogP contribution in [0.15, 0.2) is 42.7 Å². The van der Waals surface area contributed by atoms with E-state index >= 15 is 0 Å². The number of carbonyl (C=O) groups excluding carboxylic acids is 2. The van der Waals surface area contributed by atoms with Gasteiger partial charge in [0.1, 0.15) is 11.6 Å². The highest BCUT2D eigenvalue weighted by Crippen LogP contribution is 2.19. The van der Waals surface area contributed by atoms with Crippen LogP contribution in [-0.2, 0) is 4.79 Å². The van der Waals surface area contributed by atoms with E-state index in [0.717, 1.165) is 37.8 Å². The van der Waals surface area contributed by atoms with E-state index < -0.39 is 0 Å². The number of piperazine rings is 2. The molecule has 0 atom stereocenters. The third kappa shape index (κ3) is 4.31. The molecule has 4 heterocycles. The highest BCUT2D eigenvalue weighted by atomic mass is 16.2. The SMILES string of the molecule is CC(=O)N1CCN(C(=O)c2ccnc(N3CCN(c4ccccn4)CC3)c2)CC1. The van der Waals surface area contributed by atoms with Crippen molar-refractivity contribution < 1.29 is 9.59 Å². The molecule has 0 N–H and O–H groups in total. The molecule has 2 saturated heterocycles. The van der Waals surface area contributed by atoms with Crippen LogP contribution < -0.4 is 9.80 Å². The minimum Gasteiger partial charge on any atom is -0.353 e. The van der Waals surface area contributed by atoms with Crippen molar-refractivity contribution in [3.63, 3.8) is 0 Å². The summed E-state index contributed by atoms with van der Waals surface area (Å²) in [6, 6.07) is 9.61. The van der Waals surface area contributed by atoms with Gasteiger partial charge in [0.25, 0.3) is 5.91 Å². The number of amides is 2. The predicted molar refractivity (Wildman–Crippen MR) is 111 cm³/mol. The van der Waals surface area contributed by atoms with Crippen LogP contribution in [0.25, 0.3) is 0 Å². The van der Waals surface area contributed by atoms with Gasteiger partial charge in [-0.2, -0.15) is 0 Å². The number of hydrogen-bond acceptors (Lipinski definition) is 6. The van der Waals surface area contributed by atoms with Crippen LogP contribution in [0.4, 0.5) is 11.6 Å². The maximum atomic E-state index is 12.9. The maximum absolute atomic E-state index is 12.9. The van der Waals surface area contributed by atoms with Crippen molar-refractivity contribution >= 4 is 23.5 Å². The van der Waals surface area contributed by atoms with Gasteiger partial charge in [-0.15, -0.1) is 0 Å². The van der Waals surface area contributed by atoms with Gasteiger partial charge in [0.2, 0.25) is 5.91 Å². The Bertz CT molecular complexity index is 858. The van der Waals surface area contributed by atoms with Crippen molar-refractivity contribution in [1.29, 1.82) is 0 Å². The summed E-state index contributed by atoms with van der Waals surface area (Å²) in [5.41, 5.74) is 0.651. The van der Waals surface area contributed by atoms with Crippen molar-refractivity contribution in [2.45, 2.75) is 6.92 Å². The van der Waals surface area contributed by atoms with Crippen molar-refractivity contribution in [2.75, 3.05) is 62.2 Å². The van der Waals surface area contributed by atoms with Crippen LogP contribution >= 0.6 is 0 Å². The van der Waals surface area contributed by atoms with E-state index in [1.807, 2.05) is 35.4 Å². The van der Waals surface area contributed by atoms with E-state index in [1.54, 1.807) is 24.1 Å². The zero-order valence-electron chi connectivity index (χ0n) is 16.7. The predicted octanol–water partition coefficient (Wildman–Crippen LogP) is 1.11. The summed E-state index contributed by atoms with van der Waals surface area (Å²) < 4.78 is 0. The van der Waals surface area contributed by atoms with Crippen LogP contribution in [0.1, 0.15) is 17.3 Å². The molecule has 0 aliphatic carbocycles. The van der Waals surface area contributed by atoms with Crippen molar-refractivity contribution in [1.82, 2.24) is 19.8 Å². The summed E-state index contributed by atoms with van der Waals surface area (Å²) in [6.45, 7) is 7.28. The largest absolute Gasteiger partial charge is 0.353 e. The van der Waals surface area contributed by atoms with Crippen LogP contribution in [0.5, 0.6) is 0 Å². The lowest BCUT2D eigenvalue weighted by Crippen LogP contribution is -2.50. The molecule has 2 fully saturated rings. The molecule has 2 aliphatic rings. The van der Waals surface area contributed by atoms with E-state index in [0.29, 0.717) is 31.7 Å². The molecular weight excluding hydrogens is 368 g/mol. The average Bonchev–Trinajstić information content (AvgIpc) is 2.79. The fourth-order valence-corrected chi connectivity index (χ4v) is 3.84. The van der Waals surface area contributed by atoms with Gasteiger partial charge in [-0.25, -0.2) is 9.97 Å². The van der Waals surface area contributed by atoms with Crippen molar-refractivity contribution in [3.8, 4) is 0 Å². The monoisotopic (exact) mass is 394 g/mol. The third-order valence-electron chi connectivity index (χ3n) is 5.58. The van der Waals surface area contributed by atoms with Gasteiger partial charge in [0, 0.05) is 77.2 Å². The Labute approximate surface area is 170 Å². The van der Waals surface area contributed by atoms with Crippen molar-refractivity contribution in [3.05, 3.63) is 48.3 Å². The van der Waals surface area contributed by atoms with E-state index in [-0.39, 0.29) is 11.8 Å². The molecule has 0 saturated carbocycles. The molecule has 29 heavy (non-hydrogen) atoms. The van der Waals surface area contributed by atoms with E-state index in [1.165, 1.54) is 0 Å². The molecule has 152 valence electrons. The maximum Gasteiger partial charge on any atom is 0.254 e. The standard InChI is InChI=1S/C21H26N6O2/c1-17(28)24-8-14-27(15-9-24)21(29)18-5-7-23-20(16-18)26-12-10-25(11-13-26)19-4-2-3-6-22-19/h2-7,16H,8-15H2,1H3. The fraction of sp³-hybridized carbons (Fsp3) is 0.429. The summed E-state index contributed by atoms with van der Waals surface area (Å²) in [6.07, 6.45) is 3.52. The Morgan fingerprint density at radius 3 is 2.00 bits per heavy atom. The van der Waals surface area contributed by atoms with Gasteiger partial charge in [0.05, 0.1) is 0 Å². The van der Waals surface area contributed by atoms with Gasteiger partial charge >= 0.3 is 0 Å². The Kier molecular flexibility index (Phi) is 5.59. The van der Waals surface area contributed by atoms with E-state index in [9.17, 15) is 9.59 Å². The Morgan fingerprint density at radius 2 is 1.38 bits per heavy atom. The molecule has 4 rings (SSSR count). The first-order valence-electron chi connectivity index (χ1n) is 10.0. The number of aromatic nitrogens is 2. The lowest BCUT2D eigenvalue weighted by molar-refractivity contribution is -0.130. The number of pyridine rings is 2. The first kappa shape index (κ1) is 19.2. The highest BCUT2D eigenvalue weighted by molar-refractivity contribution is 5.95. The van der Waals surface area contributed by atoms with Crippen LogP contribution in [-0.4, -0.2) is 83.9 Å². The molecular formula is C21H26N6O2. The Morgan fingerprint density at radius 1 is 0.759 bits per heavy atom. The minimum absolute atomic E-state index is 0.00368. The van der Waals surface area contributed by atoms with Gasteiger partial charge in [-0.1, -0.05) is 6.07 Å². The lowest BCUT2D eigenvalue weighted by atomic mass is 10.2. The number of carbonyl (C=O) groups is 2. The average molecular weight is 394 g/mol. The molecule has 0 spiro atoms. The highest BCUT2D eigenvalue weighted by Gasteiger charge is 2.24. The summed E-state index contributed by atoms with van der Waals surface area (Å²) in [4.78, 5) is 41.4. The first-order valence-corrected chi connectivity index (χ1v) is 10.0. The van der Waals surface area contributed by atoms with Gasteiger partial charge < -0.3 is 19.6 Å². The third-order valence-corrected chi connectivity index (χ3v) is 5.58. The normalized spacial score (nSPS) is 17.4. The van der Waals surface area contributed by atoms with E-state index in [4.69, 9.17) is 0 Å². The number of rotatable bonds is 3. The zero-order valence-corrected chi connectivity index (χ0v) is 16.7. The molecule has 2 aromatic rings. The Balaban J connectivity index is 1.38. The van der Waals surface area contributed by atoms with Gasteiger partial charge in [-0.3, -0.25) is 9.59 Å². The fourth-order valence-electron chi connectivity index (χ4n) is 3.84. The molecule has 8 heteroatoms. The first-order chi connectivity index (χ1) is 14.1. The second-order valence-electron chi connectivity index (χ2n) is 7.36. The van der Waals surface area contributed by atoms with Crippen molar-refractivity contribution in [2.24, 2.45) is 0 Å². The number of hydrogen-bond donors (Lipinski definition) is 0. The molecule has 2 amide bonds. The van der Waals surface area contributed by atoms with Gasteiger partial charge in [0.15, 0.2) is 0 Å². The molecule has 2 aliphatic heterocycles. The zero-order chi connectivity index (χ0) is 20.2. The number of nitrogens with zero attached hydrogens (tertiary/aromatic N) is 6. The second kappa shape index (κ2) is 8.46. The Hall–Kier alpha value is -3.16. The van der Waals surface area contributed by atoms with Crippen LogP contribution in [0.2, 0.25) is 0 Å². The molecule has 8 nitrogen and oxygen atoms in total. The molecule has 0 bridgehead atoms. The molecule has 0 unspecified atom stereocenters. The lowest BCUT2D eigenvalue weighted by Gasteiger charge is -2.36. The number of anilines is 2. The second-order valence-corrected chi connectivity index (χ2v) is 7.36. The topological polar surface area (TPSA) is 72.9 Å². The molecule has 2 aromatic heterocycles. The van der Waals surface area contributed by atoms with Crippen LogP contribution in [0, 0.1) is 0 Å². The van der Waals surface area contributed by atoms with E-state index in [2.05, 4.69) is 19.8 Å². The summed E-state index contributed by atoms with van der Waals surface area (Å²) in [5.74, 6) is 1.89. The summed E-state index contributed by atoms with van der Waals surface area (Å²) >= 11 is 0. The summed E-state index contributed by atoms with van der Waals surface area (Å²) in [7, 11) is 0. The van der Waals surface area contributed by atoms with Crippen LogP contribution in [0.3, 0.4) is 0 Å². The van der Waals surface area contributed by atoms with Gasteiger partial charge in [-0.05, 0) is 24.3 Å². The summed E-state index contributed by atoms with van der Waals surface area (Å²) in [5, 5.41) is 0.